The number of hydrogen-bond donors (Lipinski definition) is 0. The third kappa shape index (κ3) is 4.13. The first-order valence-electron chi connectivity index (χ1n) is 5.83. The molecule has 0 radical (unpaired) electrons. The Kier molecular flexibility index (Phi) is 5.70. The van der Waals surface area contributed by atoms with Gasteiger partial charge < -0.3 is 0 Å². The lowest BCUT2D eigenvalue weighted by Crippen LogP contribution is -2.60. The minimum absolute atomic E-state index is 0.315. The Morgan fingerprint density at radius 3 is 1.74 bits per heavy atom. The van der Waals surface area contributed by atoms with Crippen molar-refractivity contribution in [2.75, 3.05) is 0 Å². The van der Waals surface area contributed by atoms with E-state index in [0.717, 1.165) is 0 Å². The molecule has 1 aromatic carbocycles. The molecule has 0 bridgehead atoms. The van der Waals surface area contributed by atoms with E-state index in [1.807, 2.05) is 0 Å². The number of halogens is 10. The fourth-order valence-electron chi connectivity index (χ4n) is 1.52. The van der Waals surface area contributed by atoms with Crippen LogP contribution in [0, 0.1) is 0 Å². The minimum Gasteiger partial charge on any atom is -0.195 e. The average molecular weight is 462 g/mol. The van der Waals surface area contributed by atoms with Gasteiger partial charge in [0.2, 0.25) is 0 Å². The predicted octanol–water partition coefficient (Wildman–Crippen LogP) is 6.02. The van der Waals surface area contributed by atoms with Crippen molar-refractivity contribution in [2.24, 2.45) is 0 Å². The minimum atomic E-state index is -6.87. The van der Waals surface area contributed by atoms with Gasteiger partial charge in [-0.05, 0) is 31.7 Å². The van der Waals surface area contributed by atoms with Crippen LogP contribution in [0.25, 0.3) is 0 Å². The largest absolute Gasteiger partial charge is 0.460 e. The van der Waals surface area contributed by atoms with Crippen LogP contribution in [0.1, 0.15) is 5.56 Å². The SMILES string of the molecule is FC(F)(F)C(F)(F)C(F)(F)C(F)(F)C=C(I)Cc1ccccc1. The molecule has 0 nitrogen and oxygen atoms in total. The molecule has 23 heavy (non-hydrogen) atoms. The van der Waals surface area contributed by atoms with Crippen LogP contribution in [0.5, 0.6) is 0 Å². The molecule has 0 spiro atoms. The van der Waals surface area contributed by atoms with Gasteiger partial charge in [0, 0.05) is 12.5 Å². The van der Waals surface area contributed by atoms with E-state index in [2.05, 4.69) is 0 Å². The molecule has 0 amide bonds. The van der Waals surface area contributed by atoms with Crippen LogP contribution in [0.15, 0.2) is 40.0 Å². The fourth-order valence-corrected chi connectivity index (χ4v) is 2.35. The van der Waals surface area contributed by atoms with E-state index < -0.39 is 33.6 Å². The molecule has 0 N–H and O–H groups in total. The lowest BCUT2D eigenvalue weighted by molar-refractivity contribution is -0.388. The molecule has 1 aromatic rings. The molecule has 0 aliphatic carbocycles. The first-order chi connectivity index (χ1) is 10.2. The fraction of sp³-hybridized carbons (Fsp3) is 0.385. The van der Waals surface area contributed by atoms with Crippen molar-refractivity contribution in [3.05, 3.63) is 45.6 Å². The van der Waals surface area contributed by atoms with Gasteiger partial charge in [0.1, 0.15) is 0 Å². The van der Waals surface area contributed by atoms with Gasteiger partial charge in [0.25, 0.3) is 0 Å². The summed E-state index contributed by atoms with van der Waals surface area (Å²) in [6, 6.07) is 7.53. The summed E-state index contributed by atoms with van der Waals surface area (Å²) in [6.07, 6.45) is -7.69. The van der Waals surface area contributed by atoms with Crippen molar-refractivity contribution in [1.29, 1.82) is 0 Å². The second-order valence-electron chi connectivity index (χ2n) is 4.52. The Balaban J connectivity index is 3.11. The zero-order valence-electron chi connectivity index (χ0n) is 11.0. The lowest BCUT2D eigenvalue weighted by Gasteiger charge is -2.32. The van der Waals surface area contributed by atoms with E-state index in [9.17, 15) is 39.5 Å². The molecule has 0 saturated heterocycles. The molecule has 0 aromatic heterocycles. The van der Waals surface area contributed by atoms with E-state index in [-0.39, 0.29) is 6.42 Å². The Bertz CT molecular complexity index is 561. The molecule has 0 unspecified atom stereocenters. The third-order valence-electron chi connectivity index (χ3n) is 2.72. The number of alkyl halides is 9. The van der Waals surface area contributed by atoms with E-state index in [4.69, 9.17) is 0 Å². The van der Waals surface area contributed by atoms with Crippen LogP contribution < -0.4 is 0 Å². The maximum Gasteiger partial charge on any atom is 0.460 e. The van der Waals surface area contributed by atoms with Gasteiger partial charge in [0.15, 0.2) is 0 Å². The normalized spacial score (nSPS) is 15.0. The van der Waals surface area contributed by atoms with Crippen LogP contribution in [-0.4, -0.2) is 23.9 Å². The van der Waals surface area contributed by atoms with Gasteiger partial charge >= 0.3 is 23.9 Å². The van der Waals surface area contributed by atoms with Crippen molar-refractivity contribution in [2.45, 2.75) is 30.4 Å². The molecule has 1 rings (SSSR count). The van der Waals surface area contributed by atoms with Gasteiger partial charge in [-0.25, -0.2) is 0 Å². The van der Waals surface area contributed by atoms with Crippen molar-refractivity contribution in [3.8, 4) is 0 Å². The summed E-state index contributed by atoms with van der Waals surface area (Å²) >= 11 is 1.18. The van der Waals surface area contributed by atoms with Crippen LogP contribution in [0.2, 0.25) is 0 Å². The van der Waals surface area contributed by atoms with E-state index in [1.165, 1.54) is 46.9 Å². The molecule has 10 heteroatoms. The number of hydrogen-bond acceptors (Lipinski definition) is 0. The predicted molar refractivity (Wildman–Crippen MR) is 73.1 cm³/mol. The summed E-state index contributed by atoms with van der Waals surface area (Å²) in [5, 5.41) is 0. The summed E-state index contributed by atoms with van der Waals surface area (Å²) in [5.41, 5.74) is 0.398. The van der Waals surface area contributed by atoms with Crippen molar-refractivity contribution in [3.63, 3.8) is 0 Å². The van der Waals surface area contributed by atoms with Gasteiger partial charge in [-0.15, -0.1) is 0 Å². The van der Waals surface area contributed by atoms with Crippen LogP contribution in [0.4, 0.5) is 39.5 Å². The van der Waals surface area contributed by atoms with Gasteiger partial charge in [0.05, 0.1) is 0 Å². The smallest absolute Gasteiger partial charge is 0.195 e. The number of allylic oxidation sites excluding steroid dienone is 2. The summed E-state index contributed by atoms with van der Waals surface area (Å²) in [6.45, 7) is 0. The topological polar surface area (TPSA) is 0 Å². The van der Waals surface area contributed by atoms with E-state index >= 15 is 0 Å². The van der Waals surface area contributed by atoms with Crippen molar-refractivity contribution >= 4 is 22.6 Å². The maximum atomic E-state index is 13.4. The van der Waals surface area contributed by atoms with E-state index in [1.54, 1.807) is 6.07 Å². The highest BCUT2D eigenvalue weighted by atomic mass is 127. The van der Waals surface area contributed by atoms with Crippen molar-refractivity contribution < 1.29 is 39.5 Å². The Morgan fingerprint density at radius 1 is 0.826 bits per heavy atom. The number of rotatable bonds is 5. The molecule has 0 aliphatic heterocycles. The second-order valence-corrected chi connectivity index (χ2v) is 5.91. The maximum absolute atomic E-state index is 13.4. The zero-order valence-corrected chi connectivity index (χ0v) is 13.1. The highest BCUT2D eigenvalue weighted by molar-refractivity contribution is 14.1. The molecule has 0 heterocycles. The van der Waals surface area contributed by atoms with Gasteiger partial charge in [-0.1, -0.05) is 30.3 Å². The highest BCUT2D eigenvalue weighted by Crippen LogP contribution is 2.53. The number of benzene rings is 1. The summed E-state index contributed by atoms with van der Waals surface area (Å²) in [5.74, 6) is -19.2. The first kappa shape index (κ1) is 20.1. The quantitative estimate of drug-likeness (QED) is 0.371. The highest BCUT2D eigenvalue weighted by Gasteiger charge is 2.81. The van der Waals surface area contributed by atoms with Crippen LogP contribution in [-0.2, 0) is 6.42 Å². The van der Waals surface area contributed by atoms with Gasteiger partial charge in [-0.2, -0.15) is 39.5 Å². The zero-order chi connectivity index (χ0) is 18.1. The summed E-state index contributed by atoms with van der Waals surface area (Å²) in [7, 11) is 0. The molecule has 0 fully saturated rings. The Hall–Kier alpha value is -0.940. The Labute approximate surface area is 138 Å². The molecular weight excluding hydrogens is 454 g/mol. The van der Waals surface area contributed by atoms with E-state index in [0.29, 0.717) is 5.56 Å². The molecule has 0 saturated carbocycles. The van der Waals surface area contributed by atoms with Crippen LogP contribution >= 0.6 is 22.6 Å². The summed E-state index contributed by atoms with van der Waals surface area (Å²) < 4.78 is 114. The molecule has 0 atom stereocenters. The second kappa shape index (κ2) is 6.52. The first-order valence-corrected chi connectivity index (χ1v) is 6.91. The molecular formula is C13H8F9I. The van der Waals surface area contributed by atoms with Crippen LogP contribution in [0.3, 0.4) is 0 Å². The Morgan fingerprint density at radius 2 is 1.30 bits per heavy atom. The molecule has 0 aliphatic rings. The standard InChI is InChI=1S/C13H8F9I/c14-10(15,11(16,17)12(18,19)13(20,21)22)7-9(23)6-8-4-2-1-3-5-8/h1-5,7H,6H2. The third-order valence-corrected chi connectivity index (χ3v) is 3.42. The van der Waals surface area contributed by atoms with Crippen molar-refractivity contribution in [1.82, 2.24) is 0 Å². The molecule has 130 valence electrons. The summed E-state index contributed by atoms with van der Waals surface area (Å²) in [4.78, 5) is 0. The monoisotopic (exact) mass is 462 g/mol. The average Bonchev–Trinajstić information content (AvgIpc) is 2.37. The van der Waals surface area contributed by atoms with Gasteiger partial charge in [-0.3, -0.25) is 0 Å². The lowest BCUT2D eigenvalue weighted by atomic mass is 10.0.